The monoisotopic (exact) mass is 622 g/mol. The average Bonchev–Trinajstić information content (AvgIpc) is 2.84. The summed E-state index contributed by atoms with van der Waals surface area (Å²) in [6.45, 7) is 4.46. The maximum atomic E-state index is 10.1. The molecule has 0 spiro atoms. The fourth-order valence-electron chi connectivity index (χ4n) is 3.85. The van der Waals surface area contributed by atoms with Gasteiger partial charge in [0.25, 0.3) is 20.8 Å². The molecule has 0 fully saturated rings. The molecule has 0 saturated carbocycles. The van der Waals surface area contributed by atoms with Gasteiger partial charge in [-0.1, -0.05) is 129 Å². The van der Waals surface area contributed by atoms with Crippen LogP contribution in [-0.4, -0.2) is 63.7 Å². The third-order valence-electron chi connectivity index (χ3n) is 5.99. The SMILES string of the molecule is CCCCCCCCCCCC/C=C/OS(=O)(=O)[O-].CCCCCCCCCCCC/C=C/OS(=O)(=O)[O-].[Ca+2]. The zero-order valence-corrected chi connectivity index (χ0v) is 28.5. The number of allylic oxidation sites excluding steroid dienone is 2. The van der Waals surface area contributed by atoms with Gasteiger partial charge in [0, 0.05) is 0 Å². The molecule has 0 bridgehead atoms. The quantitative estimate of drug-likeness (QED) is 0.0310. The van der Waals surface area contributed by atoms with Crippen molar-refractivity contribution in [1.29, 1.82) is 0 Å². The summed E-state index contributed by atoms with van der Waals surface area (Å²) < 4.78 is 68.5. The van der Waals surface area contributed by atoms with Gasteiger partial charge in [0.1, 0.15) is 12.5 Å². The summed E-state index contributed by atoms with van der Waals surface area (Å²) in [6.07, 6.45) is 32.0. The largest absolute Gasteiger partial charge is 2.00 e. The summed E-state index contributed by atoms with van der Waals surface area (Å²) in [5.41, 5.74) is 0. The van der Waals surface area contributed by atoms with Gasteiger partial charge in [-0.05, 0) is 37.8 Å². The molecule has 0 aromatic heterocycles. The molecule has 0 rings (SSSR count). The molecule has 39 heavy (non-hydrogen) atoms. The molecule has 0 radical (unpaired) electrons. The van der Waals surface area contributed by atoms with Crippen LogP contribution in [0, 0.1) is 0 Å². The van der Waals surface area contributed by atoms with E-state index in [9.17, 15) is 25.9 Å². The van der Waals surface area contributed by atoms with E-state index in [0.29, 0.717) is 0 Å². The molecule has 0 N–H and O–H groups in total. The molecule has 0 aromatic rings. The van der Waals surface area contributed by atoms with Crippen molar-refractivity contribution in [2.24, 2.45) is 0 Å². The summed E-state index contributed by atoms with van der Waals surface area (Å²) >= 11 is 0. The van der Waals surface area contributed by atoms with E-state index in [1.165, 1.54) is 103 Å². The maximum absolute atomic E-state index is 10.1. The van der Waals surface area contributed by atoms with Crippen LogP contribution in [0.3, 0.4) is 0 Å². The zero-order valence-electron chi connectivity index (χ0n) is 24.7. The van der Waals surface area contributed by atoms with E-state index >= 15 is 0 Å². The first kappa shape index (κ1) is 43.6. The first-order chi connectivity index (χ1) is 18.1. The average molecular weight is 623 g/mol. The molecule has 228 valence electrons. The Hall–Kier alpha value is 0.160. The van der Waals surface area contributed by atoms with Gasteiger partial charge in [-0.3, -0.25) is 0 Å². The maximum Gasteiger partial charge on any atom is 2.00 e. The molecule has 0 unspecified atom stereocenters. The standard InChI is InChI=1S/2C14H28O4S.Ca/c2*1-2-3-4-5-6-7-8-9-10-11-12-13-14-18-19(15,16)17;/h2*13-14H,2-12H2,1H3,(H,15,16,17);/q;;+2/p-2/b2*14-13+;. The number of rotatable bonds is 26. The summed E-state index contributed by atoms with van der Waals surface area (Å²) in [6, 6.07) is 0. The van der Waals surface area contributed by atoms with Gasteiger partial charge in [0.15, 0.2) is 0 Å². The van der Waals surface area contributed by atoms with Crippen molar-refractivity contribution in [3.05, 3.63) is 24.7 Å². The molecule has 11 heteroatoms. The van der Waals surface area contributed by atoms with Crippen LogP contribution in [0.5, 0.6) is 0 Å². The Morgan fingerprint density at radius 3 is 0.923 bits per heavy atom. The second-order valence-electron chi connectivity index (χ2n) is 9.69. The van der Waals surface area contributed by atoms with Crippen LogP contribution in [0.2, 0.25) is 0 Å². The summed E-state index contributed by atoms with van der Waals surface area (Å²) in [4.78, 5) is 0. The molecular formula is C28H54CaO8S2. The predicted molar refractivity (Wildman–Crippen MR) is 159 cm³/mol. The Bertz CT molecular complexity index is 690. The normalized spacial score (nSPS) is 11.8. The molecule has 0 aliphatic heterocycles. The minimum absolute atomic E-state index is 0. The van der Waals surface area contributed by atoms with Crippen molar-refractivity contribution >= 4 is 58.5 Å². The van der Waals surface area contributed by atoms with Gasteiger partial charge in [-0.2, -0.15) is 0 Å². The van der Waals surface area contributed by atoms with Crippen LogP contribution in [0.1, 0.15) is 155 Å². The molecule has 0 aliphatic carbocycles. The van der Waals surface area contributed by atoms with E-state index < -0.39 is 20.8 Å². The van der Waals surface area contributed by atoms with Gasteiger partial charge >= 0.3 is 37.7 Å². The molecular weight excluding hydrogens is 569 g/mol. The fraction of sp³-hybridized carbons (Fsp3) is 0.857. The van der Waals surface area contributed by atoms with E-state index in [1.807, 2.05) is 0 Å². The number of hydrogen-bond acceptors (Lipinski definition) is 8. The Labute approximate surface area is 270 Å². The molecule has 0 amide bonds. The van der Waals surface area contributed by atoms with Crippen molar-refractivity contribution in [2.75, 3.05) is 0 Å². The number of unbranched alkanes of at least 4 members (excludes halogenated alkanes) is 20. The van der Waals surface area contributed by atoms with E-state index in [1.54, 1.807) is 12.2 Å². The molecule has 8 nitrogen and oxygen atoms in total. The molecule has 0 atom stereocenters. The summed E-state index contributed by atoms with van der Waals surface area (Å²) in [7, 11) is -9.15. The van der Waals surface area contributed by atoms with E-state index in [0.717, 1.165) is 51.0 Å². The first-order valence-corrected chi connectivity index (χ1v) is 17.4. The van der Waals surface area contributed by atoms with Crippen LogP contribution in [-0.2, 0) is 29.2 Å². The van der Waals surface area contributed by atoms with Crippen LogP contribution in [0.4, 0.5) is 0 Å². The van der Waals surface area contributed by atoms with Crippen molar-refractivity contribution in [1.82, 2.24) is 0 Å². The van der Waals surface area contributed by atoms with Gasteiger partial charge in [0.2, 0.25) is 0 Å². The molecule has 0 heterocycles. The van der Waals surface area contributed by atoms with Crippen LogP contribution in [0.25, 0.3) is 0 Å². The second kappa shape index (κ2) is 32.7. The van der Waals surface area contributed by atoms with Gasteiger partial charge in [-0.15, -0.1) is 0 Å². The van der Waals surface area contributed by atoms with E-state index in [2.05, 4.69) is 22.2 Å². The van der Waals surface area contributed by atoms with Crippen LogP contribution < -0.4 is 0 Å². The Balaban J connectivity index is -0.000000648. The molecule has 0 aliphatic rings. The third kappa shape index (κ3) is 48.2. The van der Waals surface area contributed by atoms with Crippen LogP contribution >= 0.6 is 0 Å². The molecule has 0 saturated heterocycles. The summed E-state index contributed by atoms with van der Waals surface area (Å²) in [5.74, 6) is 0. The smallest absolute Gasteiger partial charge is 0.716 e. The van der Waals surface area contributed by atoms with E-state index in [-0.39, 0.29) is 37.7 Å². The van der Waals surface area contributed by atoms with Crippen LogP contribution in [0.15, 0.2) is 24.7 Å². The minimum Gasteiger partial charge on any atom is -0.716 e. The van der Waals surface area contributed by atoms with Crippen molar-refractivity contribution < 1.29 is 34.3 Å². The summed E-state index contributed by atoms with van der Waals surface area (Å²) in [5, 5.41) is 0. The van der Waals surface area contributed by atoms with Gasteiger partial charge in [0.05, 0.1) is 0 Å². The van der Waals surface area contributed by atoms with Crippen molar-refractivity contribution in [3.63, 3.8) is 0 Å². The fourth-order valence-corrected chi connectivity index (χ4v) is 4.28. The van der Waals surface area contributed by atoms with E-state index in [4.69, 9.17) is 0 Å². The van der Waals surface area contributed by atoms with Gasteiger partial charge in [-0.25, -0.2) is 16.8 Å². The Kier molecular flexibility index (Phi) is 36.5. The van der Waals surface area contributed by atoms with Gasteiger partial charge < -0.3 is 17.5 Å². The minimum atomic E-state index is -4.58. The van der Waals surface area contributed by atoms with Crippen molar-refractivity contribution in [2.45, 2.75) is 155 Å². The Morgan fingerprint density at radius 1 is 0.462 bits per heavy atom. The molecule has 0 aromatic carbocycles. The second-order valence-corrected chi connectivity index (χ2v) is 11.7. The third-order valence-corrected chi connectivity index (χ3v) is 6.68. The zero-order chi connectivity index (χ0) is 28.8. The number of hydrogen-bond donors (Lipinski definition) is 0. The van der Waals surface area contributed by atoms with Crippen molar-refractivity contribution in [3.8, 4) is 0 Å². The predicted octanol–water partition coefficient (Wildman–Crippen LogP) is 8.20. The first-order valence-electron chi connectivity index (χ1n) is 14.7. The topological polar surface area (TPSA) is 133 Å². The Morgan fingerprint density at radius 2 is 0.692 bits per heavy atom.